The molecule has 7 heteroatoms. The topological polar surface area (TPSA) is 76.7 Å². The van der Waals surface area contributed by atoms with Crippen molar-refractivity contribution in [2.75, 3.05) is 19.8 Å². The van der Waals surface area contributed by atoms with E-state index in [4.69, 9.17) is 9.47 Å². The van der Waals surface area contributed by atoms with Gasteiger partial charge in [-0.05, 0) is 47.0 Å². The maximum absolute atomic E-state index is 11.6. The van der Waals surface area contributed by atoms with Crippen molar-refractivity contribution in [3.8, 4) is 5.75 Å². The number of nitrogens with one attached hydrogen (secondary N) is 2. The molecule has 0 spiro atoms. The lowest BCUT2D eigenvalue weighted by Crippen LogP contribution is -2.44. The van der Waals surface area contributed by atoms with Crippen molar-refractivity contribution in [1.29, 1.82) is 0 Å². The Morgan fingerprint density at radius 1 is 1.18 bits per heavy atom. The third-order valence-electron chi connectivity index (χ3n) is 2.78. The summed E-state index contributed by atoms with van der Waals surface area (Å²) in [7, 11) is 0. The average Bonchev–Trinajstić information content (AvgIpc) is 2.51. The van der Waals surface area contributed by atoms with Crippen LogP contribution in [-0.4, -0.2) is 31.6 Å². The number of benzene rings is 1. The second-order valence-corrected chi connectivity index (χ2v) is 5.30. The Hall–Kier alpha value is -1.60. The van der Waals surface area contributed by atoms with Crippen LogP contribution >= 0.6 is 15.9 Å². The Morgan fingerprint density at radius 3 is 2.55 bits per heavy atom. The van der Waals surface area contributed by atoms with Crippen LogP contribution in [-0.2, 0) is 20.7 Å². The van der Waals surface area contributed by atoms with Gasteiger partial charge in [0, 0.05) is 6.61 Å². The Labute approximate surface area is 138 Å². The van der Waals surface area contributed by atoms with Crippen molar-refractivity contribution in [3.05, 3.63) is 28.2 Å². The molecule has 0 atom stereocenters. The SMILES string of the molecule is CCOCCC(=O)NNC(=O)COc1ccc(CC)cc1Br. The van der Waals surface area contributed by atoms with Gasteiger partial charge in [-0.2, -0.15) is 0 Å². The lowest BCUT2D eigenvalue weighted by atomic mass is 10.2. The van der Waals surface area contributed by atoms with Crippen LogP contribution in [0.25, 0.3) is 0 Å². The molecule has 1 aromatic carbocycles. The Morgan fingerprint density at radius 2 is 1.91 bits per heavy atom. The minimum Gasteiger partial charge on any atom is -0.483 e. The van der Waals surface area contributed by atoms with Gasteiger partial charge in [-0.3, -0.25) is 20.4 Å². The summed E-state index contributed by atoms with van der Waals surface area (Å²) in [5.74, 6) is -0.165. The summed E-state index contributed by atoms with van der Waals surface area (Å²) in [6.07, 6.45) is 1.12. The van der Waals surface area contributed by atoms with Gasteiger partial charge in [-0.1, -0.05) is 13.0 Å². The Bertz CT molecular complexity index is 508. The third kappa shape index (κ3) is 6.91. The van der Waals surface area contributed by atoms with Crippen molar-refractivity contribution < 1.29 is 19.1 Å². The largest absolute Gasteiger partial charge is 0.483 e. The van der Waals surface area contributed by atoms with E-state index in [-0.39, 0.29) is 18.9 Å². The first-order valence-electron chi connectivity index (χ1n) is 7.13. The maximum Gasteiger partial charge on any atom is 0.276 e. The van der Waals surface area contributed by atoms with Crippen LogP contribution in [0, 0.1) is 0 Å². The monoisotopic (exact) mass is 372 g/mol. The summed E-state index contributed by atoms with van der Waals surface area (Å²) in [5.41, 5.74) is 5.76. The minimum absolute atomic E-state index is 0.185. The number of carbonyl (C=O) groups is 2. The molecule has 0 saturated carbocycles. The second-order valence-electron chi connectivity index (χ2n) is 4.45. The van der Waals surface area contributed by atoms with Crippen molar-refractivity contribution in [1.82, 2.24) is 10.9 Å². The summed E-state index contributed by atoms with van der Waals surface area (Å²) in [6.45, 7) is 4.60. The molecule has 0 heterocycles. The van der Waals surface area contributed by atoms with Gasteiger partial charge >= 0.3 is 0 Å². The predicted molar refractivity (Wildman–Crippen MR) is 86.4 cm³/mol. The van der Waals surface area contributed by atoms with Gasteiger partial charge in [0.2, 0.25) is 5.91 Å². The highest BCUT2D eigenvalue weighted by atomic mass is 79.9. The second kappa shape index (κ2) is 10.2. The average molecular weight is 373 g/mol. The molecule has 0 aromatic heterocycles. The van der Waals surface area contributed by atoms with E-state index in [1.54, 1.807) is 6.07 Å². The number of hydrogen-bond acceptors (Lipinski definition) is 4. The molecule has 1 rings (SSSR count). The third-order valence-corrected chi connectivity index (χ3v) is 3.40. The highest BCUT2D eigenvalue weighted by Crippen LogP contribution is 2.26. The number of ether oxygens (including phenoxy) is 2. The van der Waals surface area contributed by atoms with E-state index in [1.807, 2.05) is 19.1 Å². The van der Waals surface area contributed by atoms with Gasteiger partial charge < -0.3 is 9.47 Å². The fourth-order valence-corrected chi connectivity index (χ4v) is 2.11. The van der Waals surface area contributed by atoms with Crippen LogP contribution in [0.1, 0.15) is 25.8 Å². The quantitative estimate of drug-likeness (QED) is 0.540. The molecule has 2 N–H and O–H groups in total. The van der Waals surface area contributed by atoms with Crippen LogP contribution in [0.5, 0.6) is 5.75 Å². The molecular formula is C15H21BrN2O4. The molecule has 0 unspecified atom stereocenters. The standard InChI is InChI=1S/C15H21BrN2O4/c1-3-11-5-6-13(12(16)9-11)22-10-15(20)18-17-14(19)7-8-21-4-2/h5-6,9H,3-4,7-8,10H2,1-2H3,(H,17,19)(H,18,20). The molecule has 0 aliphatic rings. The molecule has 6 nitrogen and oxygen atoms in total. The Kier molecular flexibility index (Phi) is 8.54. The van der Waals surface area contributed by atoms with Crippen LogP contribution < -0.4 is 15.6 Å². The van der Waals surface area contributed by atoms with E-state index in [9.17, 15) is 9.59 Å². The number of hydrogen-bond donors (Lipinski definition) is 2. The molecule has 0 radical (unpaired) electrons. The fourth-order valence-electron chi connectivity index (χ4n) is 1.57. The highest BCUT2D eigenvalue weighted by Gasteiger charge is 2.07. The first-order valence-corrected chi connectivity index (χ1v) is 7.92. The molecule has 0 saturated heterocycles. The Balaban J connectivity index is 2.30. The zero-order valence-corrected chi connectivity index (χ0v) is 14.4. The van der Waals surface area contributed by atoms with Crippen molar-refractivity contribution in [2.45, 2.75) is 26.7 Å². The zero-order chi connectivity index (χ0) is 16.4. The zero-order valence-electron chi connectivity index (χ0n) is 12.8. The van der Waals surface area contributed by atoms with E-state index >= 15 is 0 Å². The van der Waals surface area contributed by atoms with Crippen molar-refractivity contribution in [2.24, 2.45) is 0 Å². The molecule has 0 aliphatic heterocycles. The molecule has 0 bridgehead atoms. The van der Waals surface area contributed by atoms with Gasteiger partial charge in [0.05, 0.1) is 17.5 Å². The molecule has 0 fully saturated rings. The molecule has 1 aromatic rings. The maximum atomic E-state index is 11.6. The smallest absolute Gasteiger partial charge is 0.276 e. The van der Waals surface area contributed by atoms with Crippen LogP contribution in [0.2, 0.25) is 0 Å². The normalized spacial score (nSPS) is 10.1. The lowest BCUT2D eigenvalue weighted by molar-refractivity contribution is -0.130. The van der Waals surface area contributed by atoms with Crippen LogP contribution in [0.3, 0.4) is 0 Å². The first kappa shape index (κ1) is 18.4. The summed E-state index contributed by atoms with van der Waals surface area (Å²) in [4.78, 5) is 23.0. The van der Waals surface area contributed by atoms with Gasteiger partial charge in [0.25, 0.3) is 5.91 Å². The van der Waals surface area contributed by atoms with E-state index in [2.05, 4.69) is 33.7 Å². The molecule has 22 heavy (non-hydrogen) atoms. The van der Waals surface area contributed by atoms with E-state index in [1.165, 1.54) is 5.56 Å². The van der Waals surface area contributed by atoms with Gasteiger partial charge in [0.1, 0.15) is 5.75 Å². The summed E-state index contributed by atoms with van der Waals surface area (Å²) >= 11 is 3.40. The molecule has 2 amide bonds. The van der Waals surface area contributed by atoms with E-state index < -0.39 is 5.91 Å². The summed E-state index contributed by atoms with van der Waals surface area (Å²) < 4.78 is 11.2. The summed E-state index contributed by atoms with van der Waals surface area (Å²) in [5, 5.41) is 0. The van der Waals surface area contributed by atoms with Crippen molar-refractivity contribution >= 4 is 27.7 Å². The molecular weight excluding hydrogens is 352 g/mol. The molecule has 0 aliphatic carbocycles. The first-order chi connectivity index (χ1) is 10.6. The van der Waals surface area contributed by atoms with E-state index in [0.717, 1.165) is 10.9 Å². The minimum atomic E-state index is -0.434. The van der Waals surface area contributed by atoms with Crippen LogP contribution in [0.15, 0.2) is 22.7 Å². The van der Waals surface area contributed by atoms with Gasteiger partial charge in [-0.25, -0.2) is 0 Å². The van der Waals surface area contributed by atoms with Gasteiger partial charge in [0.15, 0.2) is 6.61 Å². The number of aryl methyl sites for hydroxylation is 1. The van der Waals surface area contributed by atoms with Crippen LogP contribution in [0.4, 0.5) is 0 Å². The molecule has 122 valence electrons. The van der Waals surface area contributed by atoms with E-state index in [0.29, 0.717) is 19.0 Å². The van der Waals surface area contributed by atoms with Crippen molar-refractivity contribution in [3.63, 3.8) is 0 Å². The number of rotatable bonds is 8. The number of amides is 2. The number of hydrazine groups is 1. The fraction of sp³-hybridized carbons (Fsp3) is 0.467. The van der Waals surface area contributed by atoms with Gasteiger partial charge in [-0.15, -0.1) is 0 Å². The lowest BCUT2D eigenvalue weighted by Gasteiger charge is -2.10. The summed E-state index contributed by atoms with van der Waals surface area (Å²) in [6, 6.07) is 5.69. The predicted octanol–water partition coefficient (Wildman–Crippen LogP) is 1.96. The number of halogens is 1. The number of carbonyl (C=O) groups excluding carboxylic acids is 2. The highest BCUT2D eigenvalue weighted by molar-refractivity contribution is 9.10.